The zero-order chi connectivity index (χ0) is 11.3. The van der Waals surface area contributed by atoms with Gasteiger partial charge in [-0.05, 0) is 14.0 Å². The first-order valence-electron chi connectivity index (χ1n) is 5.39. The van der Waals surface area contributed by atoms with Gasteiger partial charge in [0.25, 0.3) is 0 Å². The maximum absolute atomic E-state index is 11.8. The van der Waals surface area contributed by atoms with Crippen LogP contribution >= 0.6 is 0 Å². The number of morpholine rings is 1. The summed E-state index contributed by atoms with van der Waals surface area (Å²) in [7, 11) is 1.92. The van der Waals surface area contributed by atoms with Crippen molar-refractivity contribution in [2.45, 2.75) is 13.0 Å². The van der Waals surface area contributed by atoms with E-state index in [2.05, 4.69) is 0 Å². The van der Waals surface area contributed by atoms with Crippen LogP contribution in [-0.2, 0) is 9.53 Å². The molecule has 1 atom stereocenters. The van der Waals surface area contributed by atoms with Gasteiger partial charge in [0.1, 0.15) is 0 Å². The number of ether oxygens (including phenoxy) is 1. The van der Waals surface area contributed by atoms with Crippen LogP contribution in [-0.4, -0.2) is 68.2 Å². The molecular weight excluding hydrogens is 194 g/mol. The molecular formula is C10H21N3O2. The van der Waals surface area contributed by atoms with Gasteiger partial charge in [-0.25, -0.2) is 0 Å². The number of nitrogens with zero attached hydrogens (tertiary/aromatic N) is 2. The van der Waals surface area contributed by atoms with E-state index in [0.29, 0.717) is 32.8 Å². The molecule has 1 amide bonds. The van der Waals surface area contributed by atoms with Crippen LogP contribution in [0.25, 0.3) is 0 Å². The first-order chi connectivity index (χ1) is 7.09. The molecule has 1 rings (SSSR count). The summed E-state index contributed by atoms with van der Waals surface area (Å²) in [5.74, 6) is 0.168. The van der Waals surface area contributed by atoms with Gasteiger partial charge in [-0.15, -0.1) is 0 Å². The molecule has 0 aromatic carbocycles. The molecule has 1 aliphatic heterocycles. The number of rotatable bonds is 4. The minimum absolute atomic E-state index is 0.104. The maximum atomic E-state index is 11.8. The highest BCUT2D eigenvalue weighted by molar-refractivity contribution is 5.78. The summed E-state index contributed by atoms with van der Waals surface area (Å²) < 4.78 is 5.19. The Morgan fingerprint density at radius 3 is 2.67 bits per heavy atom. The van der Waals surface area contributed by atoms with Crippen molar-refractivity contribution < 1.29 is 9.53 Å². The number of hydrogen-bond donors (Lipinski definition) is 1. The van der Waals surface area contributed by atoms with E-state index in [1.54, 1.807) is 0 Å². The predicted octanol–water partition coefficient (Wildman–Crippen LogP) is -0.876. The fourth-order valence-corrected chi connectivity index (χ4v) is 1.70. The van der Waals surface area contributed by atoms with Crippen molar-refractivity contribution in [3.8, 4) is 0 Å². The van der Waals surface area contributed by atoms with Crippen LogP contribution in [0.3, 0.4) is 0 Å². The highest BCUT2D eigenvalue weighted by Gasteiger charge is 2.18. The predicted molar refractivity (Wildman–Crippen MR) is 58.5 cm³/mol. The normalized spacial score (nSPS) is 19.3. The molecule has 1 aliphatic rings. The van der Waals surface area contributed by atoms with E-state index in [-0.39, 0.29) is 11.9 Å². The summed E-state index contributed by atoms with van der Waals surface area (Å²) in [6.07, 6.45) is 0. The lowest BCUT2D eigenvalue weighted by molar-refractivity contribution is -0.136. The molecule has 0 aliphatic carbocycles. The molecule has 88 valence electrons. The minimum Gasteiger partial charge on any atom is -0.378 e. The molecule has 1 unspecified atom stereocenters. The summed E-state index contributed by atoms with van der Waals surface area (Å²) >= 11 is 0. The number of nitrogens with two attached hydrogens (primary N) is 1. The van der Waals surface area contributed by atoms with E-state index in [9.17, 15) is 4.79 Å². The molecule has 1 fully saturated rings. The first-order valence-corrected chi connectivity index (χ1v) is 5.39. The molecule has 0 aromatic heterocycles. The second-order valence-electron chi connectivity index (χ2n) is 4.17. The van der Waals surface area contributed by atoms with Crippen molar-refractivity contribution in [1.29, 1.82) is 0 Å². The second-order valence-corrected chi connectivity index (χ2v) is 4.17. The summed E-state index contributed by atoms with van der Waals surface area (Å²) in [6.45, 7) is 5.87. The molecule has 0 spiro atoms. The Hall–Kier alpha value is -0.650. The van der Waals surface area contributed by atoms with E-state index in [4.69, 9.17) is 10.5 Å². The van der Waals surface area contributed by atoms with Crippen molar-refractivity contribution in [3.05, 3.63) is 0 Å². The average Bonchev–Trinajstić information content (AvgIpc) is 2.17. The van der Waals surface area contributed by atoms with Gasteiger partial charge in [-0.3, -0.25) is 9.69 Å². The first kappa shape index (κ1) is 12.4. The van der Waals surface area contributed by atoms with Crippen molar-refractivity contribution in [2.75, 3.05) is 46.4 Å². The van der Waals surface area contributed by atoms with Crippen molar-refractivity contribution in [3.63, 3.8) is 0 Å². The molecule has 5 heteroatoms. The van der Waals surface area contributed by atoms with Gasteiger partial charge in [0, 0.05) is 25.7 Å². The third-order valence-corrected chi connectivity index (χ3v) is 2.37. The van der Waals surface area contributed by atoms with E-state index in [0.717, 1.165) is 6.54 Å². The average molecular weight is 215 g/mol. The van der Waals surface area contributed by atoms with Crippen LogP contribution in [0, 0.1) is 0 Å². The van der Waals surface area contributed by atoms with Crippen molar-refractivity contribution in [2.24, 2.45) is 5.73 Å². The lowest BCUT2D eigenvalue weighted by Gasteiger charge is -2.29. The maximum Gasteiger partial charge on any atom is 0.236 e. The summed E-state index contributed by atoms with van der Waals surface area (Å²) in [5.41, 5.74) is 5.66. The number of carbonyl (C=O) groups is 1. The lowest BCUT2D eigenvalue weighted by atomic mass is 10.3. The van der Waals surface area contributed by atoms with Gasteiger partial charge in [-0.1, -0.05) is 0 Å². The highest BCUT2D eigenvalue weighted by atomic mass is 16.5. The molecule has 0 saturated carbocycles. The van der Waals surface area contributed by atoms with Crippen LogP contribution in [0.1, 0.15) is 6.92 Å². The summed E-state index contributed by atoms with van der Waals surface area (Å²) in [4.78, 5) is 15.6. The smallest absolute Gasteiger partial charge is 0.236 e. The Balaban J connectivity index is 2.27. The molecule has 0 radical (unpaired) electrons. The van der Waals surface area contributed by atoms with Crippen LogP contribution in [0.5, 0.6) is 0 Å². The zero-order valence-electron chi connectivity index (χ0n) is 9.61. The van der Waals surface area contributed by atoms with Crippen molar-refractivity contribution in [1.82, 2.24) is 9.80 Å². The SMILES string of the molecule is CC(N)CN(C)CC(=O)N1CCOCC1. The van der Waals surface area contributed by atoms with Crippen LogP contribution < -0.4 is 5.73 Å². The number of hydrogen-bond acceptors (Lipinski definition) is 4. The third kappa shape index (κ3) is 4.59. The van der Waals surface area contributed by atoms with E-state index in [1.165, 1.54) is 0 Å². The molecule has 1 saturated heterocycles. The van der Waals surface area contributed by atoms with Gasteiger partial charge in [0.2, 0.25) is 5.91 Å². The highest BCUT2D eigenvalue weighted by Crippen LogP contribution is 1.98. The Morgan fingerprint density at radius 1 is 1.53 bits per heavy atom. The molecule has 15 heavy (non-hydrogen) atoms. The fraction of sp³-hybridized carbons (Fsp3) is 0.900. The molecule has 2 N–H and O–H groups in total. The Labute approximate surface area is 91.2 Å². The fourth-order valence-electron chi connectivity index (χ4n) is 1.70. The quantitative estimate of drug-likeness (QED) is 0.662. The van der Waals surface area contributed by atoms with Gasteiger partial charge in [0.15, 0.2) is 0 Å². The van der Waals surface area contributed by atoms with E-state index in [1.807, 2.05) is 23.8 Å². The topological polar surface area (TPSA) is 58.8 Å². The van der Waals surface area contributed by atoms with Gasteiger partial charge < -0.3 is 15.4 Å². The van der Waals surface area contributed by atoms with Gasteiger partial charge >= 0.3 is 0 Å². The summed E-state index contributed by atoms with van der Waals surface area (Å²) in [6, 6.07) is 0.104. The van der Waals surface area contributed by atoms with Crippen LogP contribution in [0.2, 0.25) is 0 Å². The lowest BCUT2D eigenvalue weighted by Crippen LogP contribution is -2.46. The number of carbonyl (C=O) groups excluding carboxylic acids is 1. The van der Waals surface area contributed by atoms with Crippen LogP contribution in [0.4, 0.5) is 0 Å². The van der Waals surface area contributed by atoms with Crippen molar-refractivity contribution >= 4 is 5.91 Å². The standard InChI is InChI=1S/C10H21N3O2/c1-9(11)7-12(2)8-10(14)13-3-5-15-6-4-13/h9H,3-8,11H2,1-2H3. The summed E-state index contributed by atoms with van der Waals surface area (Å²) in [5, 5.41) is 0. The molecule has 0 bridgehead atoms. The number of amides is 1. The second kappa shape index (κ2) is 6.05. The minimum atomic E-state index is 0.104. The molecule has 0 aromatic rings. The van der Waals surface area contributed by atoms with Gasteiger partial charge in [-0.2, -0.15) is 0 Å². The molecule has 1 heterocycles. The number of likely N-dealkylation sites (N-methyl/N-ethyl adjacent to an activating group) is 1. The molecule has 5 nitrogen and oxygen atoms in total. The Morgan fingerprint density at radius 2 is 2.13 bits per heavy atom. The Kier molecular flexibility index (Phi) is 5.01. The van der Waals surface area contributed by atoms with E-state index >= 15 is 0 Å². The van der Waals surface area contributed by atoms with E-state index < -0.39 is 0 Å². The largest absolute Gasteiger partial charge is 0.378 e. The Bertz CT molecular complexity index is 203. The van der Waals surface area contributed by atoms with Gasteiger partial charge in [0.05, 0.1) is 19.8 Å². The van der Waals surface area contributed by atoms with Crippen LogP contribution in [0.15, 0.2) is 0 Å². The monoisotopic (exact) mass is 215 g/mol. The third-order valence-electron chi connectivity index (χ3n) is 2.37. The zero-order valence-corrected chi connectivity index (χ0v) is 9.61.